The van der Waals surface area contributed by atoms with E-state index in [0.717, 1.165) is 76.0 Å². The molecule has 2 amide bonds. The van der Waals surface area contributed by atoms with E-state index >= 15 is 0 Å². The summed E-state index contributed by atoms with van der Waals surface area (Å²) in [5.41, 5.74) is 2.45. The SMILES string of the molecule is CC(=O)Nc1ccc(CN2CCCN(C(=O)C3(c4ccc(F)cc4)CCCCC3)CC2)cc1. The Labute approximate surface area is 196 Å². The molecule has 2 fully saturated rings. The van der Waals surface area contributed by atoms with Crippen molar-refractivity contribution in [3.8, 4) is 0 Å². The molecule has 1 aliphatic carbocycles. The second kappa shape index (κ2) is 10.5. The molecule has 0 aromatic heterocycles. The van der Waals surface area contributed by atoms with Crippen LogP contribution < -0.4 is 5.32 Å². The van der Waals surface area contributed by atoms with Crippen molar-refractivity contribution in [2.24, 2.45) is 0 Å². The van der Waals surface area contributed by atoms with Gasteiger partial charge in [0.2, 0.25) is 11.8 Å². The molecule has 0 atom stereocenters. The van der Waals surface area contributed by atoms with Crippen LogP contribution in [0.25, 0.3) is 0 Å². The quantitative estimate of drug-likeness (QED) is 0.716. The first-order valence-corrected chi connectivity index (χ1v) is 12.1. The molecule has 1 heterocycles. The van der Waals surface area contributed by atoms with E-state index in [1.54, 1.807) is 0 Å². The normalized spacial score (nSPS) is 19.0. The predicted octanol–water partition coefficient (Wildman–Crippen LogP) is 4.72. The fourth-order valence-corrected chi connectivity index (χ4v) is 5.34. The number of anilines is 1. The number of nitrogens with zero attached hydrogens (tertiary/aromatic N) is 2. The fraction of sp³-hybridized carbons (Fsp3) is 0.481. The molecule has 2 aliphatic rings. The highest BCUT2D eigenvalue weighted by molar-refractivity contribution is 5.89. The summed E-state index contributed by atoms with van der Waals surface area (Å²) in [7, 11) is 0. The maximum absolute atomic E-state index is 13.9. The molecule has 2 aromatic rings. The number of halogens is 1. The van der Waals surface area contributed by atoms with Crippen molar-refractivity contribution in [1.29, 1.82) is 0 Å². The Hall–Kier alpha value is -2.73. The third-order valence-corrected chi connectivity index (χ3v) is 7.07. The molecule has 6 heteroatoms. The molecule has 1 saturated heterocycles. The second-order valence-electron chi connectivity index (χ2n) is 9.45. The van der Waals surface area contributed by atoms with Gasteiger partial charge < -0.3 is 10.2 Å². The van der Waals surface area contributed by atoms with Crippen LogP contribution in [0.5, 0.6) is 0 Å². The van der Waals surface area contributed by atoms with Crippen LogP contribution in [0.15, 0.2) is 48.5 Å². The van der Waals surface area contributed by atoms with Crippen LogP contribution >= 0.6 is 0 Å². The van der Waals surface area contributed by atoms with Crippen LogP contribution in [0.2, 0.25) is 0 Å². The lowest BCUT2D eigenvalue weighted by Crippen LogP contribution is -2.49. The van der Waals surface area contributed by atoms with E-state index in [-0.39, 0.29) is 17.6 Å². The van der Waals surface area contributed by atoms with Crippen LogP contribution in [0.4, 0.5) is 10.1 Å². The minimum absolute atomic E-state index is 0.0728. The average molecular weight is 452 g/mol. The molecule has 0 radical (unpaired) electrons. The summed E-state index contributed by atoms with van der Waals surface area (Å²) in [5, 5.41) is 2.80. The first-order chi connectivity index (χ1) is 16.0. The number of hydrogen-bond acceptors (Lipinski definition) is 3. The molecule has 4 rings (SSSR count). The molecule has 2 aromatic carbocycles. The van der Waals surface area contributed by atoms with Gasteiger partial charge in [0.05, 0.1) is 5.41 Å². The predicted molar refractivity (Wildman–Crippen MR) is 128 cm³/mol. The molecule has 5 nitrogen and oxygen atoms in total. The number of benzene rings is 2. The zero-order valence-electron chi connectivity index (χ0n) is 19.5. The molecule has 1 aliphatic heterocycles. The van der Waals surface area contributed by atoms with Crippen molar-refractivity contribution in [1.82, 2.24) is 9.80 Å². The highest BCUT2D eigenvalue weighted by Crippen LogP contribution is 2.41. The smallest absolute Gasteiger partial charge is 0.233 e. The van der Waals surface area contributed by atoms with Crippen molar-refractivity contribution in [3.63, 3.8) is 0 Å². The Morgan fingerprint density at radius 1 is 0.879 bits per heavy atom. The van der Waals surface area contributed by atoms with Gasteiger partial charge in [-0.2, -0.15) is 0 Å². The third-order valence-electron chi connectivity index (χ3n) is 7.07. The van der Waals surface area contributed by atoms with Crippen LogP contribution in [-0.2, 0) is 21.5 Å². The standard InChI is InChI=1S/C27H34FN3O2/c1-21(32)29-25-12-6-22(7-13-25)20-30-16-5-17-31(19-18-30)26(33)27(14-3-2-4-15-27)23-8-10-24(28)11-9-23/h6-13H,2-5,14-20H2,1H3,(H,29,32). The van der Waals surface area contributed by atoms with Crippen molar-refractivity contribution in [2.45, 2.75) is 57.4 Å². The lowest BCUT2D eigenvalue weighted by Gasteiger charge is -2.40. The largest absolute Gasteiger partial charge is 0.341 e. The van der Waals surface area contributed by atoms with E-state index < -0.39 is 5.41 Å². The first-order valence-electron chi connectivity index (χ1n) is 12.1. The Kier molecular flexibility index (Phi) is 7.43. The first kappa shape index (κ1) is 23.4. The molecule has 33 heavy (non-hydrogen) atoms. The van der Waals surface area contributed by atoms with E-state index in [0.29, 0.717) is 6.54 Å². The topological polar surface area (TPSA) is 52.7 Å². The molecule has 1 saturated carbocycles. The van der Waals surface area contributed by atoms with Gasteiger partial charge in [0.15, 0.2) is 0 Å². The lowest BCUT2D eigenvalue weighted by atomic mass is 9.68. The molecular weight excluding hydrogens is 417 g/mol. The van der Waals surface area contributed by atoms with Gasteiger partial charge in [-0.05, 0) is 54.7 Å². The van der Waals surface area contributed by atoms with Crippen molar-refractivity contribution in [3.05, 3.63) is 65.5 Å². The van der Waals surface area contributed by atoms with Crippen molar-refractivity contribution >= 4 is 17.5 Å². The third kappa shape index (κ3) is 5.61. The number of amides is 2. The highest BCUT2D eigenvalue weighted by atomic mass is 19.1. The Morgan fingerprint density at radius 3 is 2.24 bits per heavy atom. The highest BCUT2D eigenvalue weighted by Gasteiger charge is 2.43. The van der Waals surface area contributed by atoms with Gasteiger partial charge in [-0.1, -0.05) is 43.5 Å². The van der Waals surface area contributed by atoms with Crippen LogP contribution in [0.1, 0.15) is 56.6 Å². The number of hydrogen-bond donors (Lipinski definition) is 1. The molecule has 1 N–H and O–H groups in total. The van der Waals surface area contributed by atoms with Crippen molar-refractivity contribution < 1.29 is 14.0 Å². The summed E-state index contributed by atoms with van der Waals surface area (Å²) in [6.07, 6.45) is 5.87. The zero-order chi connectivity index (χ0) is 23.3. The summed E-state index contributed by atoms with van der Waals surface area (Å²) in [6, 6.07) is 14.6. The summed E-state index contributed by atoms with van der Waals surface area (Å²) >= 11 is 0. The molecule has 176 valence electrons. The van der Waals surface area contributed by atoms with E-state index in [1.807, 2.05) is 36.4 Å². The van der Waals surface area contributed by atoms with Gasteiger partial charge in [0.25, 0.3) is 0 Å². The summed E-state index contributed by atoms with van der Waals surface area (Å²) in [6.45, 7) is 5.59. The Balaban J connectivity index is 1.42. The maximum atomic E-state index is 13.9. The van der Waals surface area contributed by atoms with Crippen LogP contribution in [0.3, 0.4) is 0 Å². The van der Waals surface area contributed by atoms with Gasteiger partial charge in [-0.25, -0.2) is 4.39 Å². The second-order valence-corrected chi connectivity index (χ2v) is 9.45. The summed E-state index contributed by atoms with van der Waals surface area (Å²) in [5.74, 6) is -0.112. The van der Waals surface area contributed by atoms with Crippen LogP contribution in [0, 0.1) is 5.82 Å². The number of nitrogens with one attached hydrogen (secondary N) is 1. The van der Waals surface area contributed by atoms with Gasteiger partial charge in [0, 0.05) is 45.3 Å². The summed E-state index contributed by atoms with van der Waals surface area (Å²) in [4.78, 5) is 29.5. The van der Waals surface area contributed by atoms with E-state index in [2.05, 4.69) is 15.1 Å². The Morgan fingerprint density at radius 2 is 1.58 bits per heavy atom. The van der Waals surface area contributed by atoms with Gasteiger partial charge in [0.1, 0.15) is 5.82 Å². The number of carbonyl (C=O) groups excluding carboxylic acids is 2. The Bertz CT molecular complexity index is 952. The molecule has 0 unspecified atom stereocenters. The van der Waals surface area contributed by atoms with Gasteiger partial charge in [-0.3, -0.25) is 14.5 Å². The monoisotopic (exact) mass is 451 g/mol. The minimum Gasteiger partial charge on any atom is -0.341 e. The fourth-order valence-electron chi connectivity index (χ4n) is 5.34. The molecular formula is C27H34FN3O2. The van der Waals surface area contributed by atoms with Gasteiger partial charge >= 0.3 is 0 Å². The molecule has 0 spiro atoms. The lowest BCUT2D eigenvalue weighted by molar-refractivity contribution is -0.138. The molecule has 0 bridgehead atoms. The van der Waals surface area contributed by atoms with Crippen LogP contribution in [-0.4, -0.2) is 47.8 Å². The summed E-state index contributed by atoms with van der Waals surface area (Å²) < 4.78 is 13.6. The minimum atomic E-state index is -0.513. The maximum Gasteiger partial charge on any atom is 0.233 e. The number of carbonyl (C=O) groups is 2. The van der Waals surface area contributed by atoms with Crippen molar-refractivity contribution in [2.75, 3.05) is 31.5 Å². The van der Waals surface area contributed by atoms with E-state index in [1.165, 1.54) is 24.6 Å². The zero-order valence-corrected chi connectivity index (χ0v) is 19.5. The van der Waals surface area contributed by atoms with E-state index in [4.69, 9.17) is 0 Å². The van der Waals surface area contributed by atoms with E-state index in [9.17, 15) is 14.0 Å². The average Bonchev–Trinajstić information content (AvgIpc) is 3.06. The number of rotatable bonds is 5. The van der Waals surface area contributed by atoms with Gasteiger partial charge in [-0.15, -0.1) is 0 Å².